The van der Waals surface area contributed by atoms with Gasteiger partial charge in [-0.05, 0) is 24.8 Å². The van der Waals surface area contributed by atoms with Crippen molar-refractivity contribution in [1.29, 1.82) is 0 Å². The molecule has 0 saturated carbocycles. The zero-order valence-electron chi connectivity index (χ0n) is 15.2. The first-order chi connectivity index (χ1) is 12.5. The Hall–Kier alpha value is -2.68. The van der Waals surface area contributed by atoms with Crippen molar-refractivity contribution in [3.8, 4) is 0 Å². The highest BCUT2D eigenvalue weighted by Gasteiger charge is 2.29. The van der Waals surface area contributed by atoms with Crippen LogP contribution in [0.5, 0.6) is 0 Å². The number of hydrogen-bond acceptors (Lipinski definition) is 6. The summed E-state index contributed by atoms with van der Waals surface area (Å²) < 4.78 is 1.51. The topological polar surface area (TPSA) is 87.2 Å². The minimum Gasteiger partial charge on any atom is -0.358 e. The van der Waals surface area contributed by atoms with Crippen LogP contribution in [0.2, 0.25) is 0 Å². The fourth-order valence-corrected chi connectivity index (χ4v) is 3.34. The van der Waals surface area contributed by atoms with Gasteiger partial charge in [0.25, 0.3) is 0 Å². The average Bonchev–Trinajstić information content (AvgIpc) is 3.03. The summed E-state index contributed by atoms with van der Waals surface area (Å²) in [6.45, 7) is 8.33. The van der Waals surface area contributed by atoms with E-state index in [1.54, 1.807) is 18.3 Å². The third-order valence-corrected chi connectivity index (χ3v) is 4.81. The first-order valence-electron chi connectivity index (χ1n) is 8.91. The number of anilines is 1. The first-order valence-corrected chi connectivity index (χ1v) is 8.91. The van der Waals surface area contributed by atoms with Crippen molar-refractivity contribution >= 4 is 23.2 Å². The molecule has 2 aromatic rings. The number of nitro groups is 1. The quantitative estimate of drug-likeness (QED) is 0.569. The van der Waals surface area contributed by atoms with Gasteiger partial charge in [-0.25, -0.2) is 0 Å². The molecular formula is C17H24N6O3. The Balaban J connectivity index is 1.71. The van der Waals surface area contributed by atoms with Gasteiger partial charge >= 0.3 is 5.82 Å². The molecule has 3 heterocycles. The van der Waals surface area contributed by atoms with Crippen LogP contribution in [0.4, 0.5) is 11.6 Å². The molecule has 0 radical (unpaired) electrons. The number of amides is 1. The van der Waals surface area contributed by atoms with Crippen LogP contribution in [0.1, 0.15) is 13.8 Å². The SMILES string of the molecule is CCN(CC)C(=O)CN1CCN(c2nc3ccccn3c2[N+](=O)[O-])CC1. The molecule has 0 unspecified atom stereocenters. The molecule has 0 spiro atoms. The van der Waals surface area contributed by atoms with Crippen LogP contribution in [0.25, 0.3) is 5.65 Å². The number of aromatic nitrogens is 2. The summed E-state index contributed by atoms with van der Waals surface area (Å²) >= 11 is 0. The molecule has 9 nitrogen and oxygen atoms in total. The number of fused-ring (bicyclic) bond motifs is 1. The number of hydrogen-bond donors (Lipinski definition) is 0. The van der Waals surface area contributed by atoms with E-state index in [1.807, 2.05) is 29.7 Å². The highest BCUT2D eigenvalue weighted by Crippen LogP contribution is 2.29. The van der Waals surface area contributed by atoms with Gasteiger partial charge in [0.2, 0.25) is 17.4 Å². The van der Waals surface area contributed by atoms with E-state index in [0.29, 0.717) is 57.3 Å². The molecule has 26 heavy (non-hydrogen) atoms. The van der Waals surface area contributed by atoms with Gasteiger partial charge in [-0.1, -0.05) is 6.07 Å². The van der Waals surface area contributed by atoms with Gasteiger partial charge in [-0.3, -0.25) is 9.69 Å². The van der Waals surface area contributed by atoms with Gasteiger partial charge in [0.15, 0.2) is 0 Å². The van der Waals surface area contributed by atoms with Crippen LogP contribution in [-0.4, -0.2) is 75.8 Å². The summed E-state index contributed by atoms with van der Waals surface area (Å²) in [5.74, 6) is 0.520. The standard InChI is InChI=1S/C17H24N6O3/c1-3-20(4-2)15(24)13-19-9-11-21(12-10-19)16-17(23(25)26)22-8-6-5-7-14(22)18-16/h5-8H,3-4,9-13H2,1-2H3. The predicted molar refractivity (Wildman–Crippen MR) is 98.4 cm³/mol. The van der Waals surface area contributed by atoms with E-state index in [4.69, 9.17) is 0 Å². The van der Waals surface area contributed by atoms with Gasteiger partial charge in [0.05, 0.1) is 12.7 Å². The van der Waals surface area contributed by atoms with Crippen LogP contribution in [-0.2, 0) is 4.79 Å². The maximum Gasteiger partial charge on any atom is 0.372 e. The summed E-state index contributed by atoms with van der Waals surface area (Å²) in [5, 5.41) is 11.5. The van der Waals surface area contributed by atoms with E-state index in [2.05, 4.69) is 9.88 Å². The maximum absolute atomic E-state index is 12.3. The molecule has 1 aliphatic rings. The Kier molecular flexibility index (Phi) is 5.36. The lowest BCUT2D eigenvalue weighted by Crippen LogP contribution is -2.50. The third kappa shape index (κ3) is 3.48. The normalized spacial score (nSPS) is 15.4. The molecule has 0 aliphatic carbocycles. The van der Waals surface area contributed by atoms with Crippen LogP contribution < -0.4 is 4.90 Å². The minimum absolute atomic E-state index is 0.00623. The lowest BCUT2D eigenvalue weighted by atomic mass is 10.3. The van der Waals surface area contributed by atoms with E-state index in [-0.39, 0.29) is 16.6 Å². The fraction of sp³-hybridized carbons (Fsp3) is 0.529. The lowest BCUT2D eigenvalue weighted by molar-refractivity contribution is -0.389. The smallest absolute Gasteiger partial charge is 0.358 e. The summed E-state index contributed by atoms with van der Waals surface area (Å²) in [7, 11) is 0. The molecule has 3 rings (SSSR count). The van der Waals surface area contributed by atoms with Gasteiger partial charge < -0.3 is 19.9 Å². The molecule has 0 atom stereocenters. The Morgan fingerprint density at radius 1 is 1.23 bits per heavy atom. The van der Waals surface area contributed by atoms with Crippen molar-refractivity contribution in [2.75, 3.05) is 50.7 Å². The Morgan fingerprint density at radius 2 is 1.92 bits per heavy atom. The number of piperazine rings is 1. The molecule has 140 valence electrons. The molecule has 0 bridgehead atoms. The van der Waals surface area contributed by atoms with E-state index in [0.717, 1.165) is 0 Å². The summed E-state index contributed by atoms with van der Waals surface area (Å²) in [6, 6.07) is 5.32. The van der Waals surface area contributed by atoms with E-state index in [1.165, 1.54) is 4.40 Å². The molecule has 1 aliphatic heterocycles. The van der Waals surface area contributed by atoms with Crippen molar-refractivity contribution < 1.29 is 9.72 Å². The minimum atomic E-state index is -0.383. The maximum atomic E-state index is 12.3. The van der Waals surface area contributed by atoms with Crippen molar-refractivity contribution in [1.82, 2.24) is 19.2 Å². The zero-order valence-corrected chi connectivity index (χ0v) is 15.2. The van der Waals surface area contributed by atoms with Crippen molar-refractivity contribution in [3.05, 3.63) is 34.5 Å². The van der Waals surface area contributed by atoms with Gasteiger partial charge in [0.1, 0.15) is 0 Å². The number of pyridine rings is 1. The monoisotopic (exact) mass is 360 g/mol. The second kappa shape index (κ2) is 7.69. The number of carbonyl (C=O) groups excluding carboxylic acids is 1. The largest absolute Gasteiger partial charge is 0.372 e. The van der Waals surface area contributed by atoms with Crippen LogP contribution in [0.15, 0.2) is 24.4 Å². The van der Waals surface area contributed by atoms with Crippen molar-refractivity contribution in [2.24, 2.45) is 0 Å². The van der Waals surface area contributed by atoms with E-state index < -0.39 is 0 Å². The number of likely N-dealkylation sites (N-methyl/N-ethyl adjacent to an activating group) is 1. The van der Waals surface area contributed by atoms with Crippen LogP contribution in [0.3, 0.4) is 0 Å². The predicted octanol–water partition coefficient (Wildman–Crippen LogP) is 1.23. The molecule has 0 N–H and O–H groups in total. The second-order valence-corrected chi connectivity index (χ2v) is 6.27. The molecule has 1 fully saturated rings. The highest BCUT2D eigenvalue weighted by molar-refractivity contribution is 5.78. The number of imidazole rings is 1. The summed E-state index contributed by atoms with van der Waals surface area (Å²) in [6.07, 6.45) is 1.66. The average molecular weight is 360 g/mol. The summed E-state index contributed by atoms with van der Waals surface area (Å²) in [4.78, 5) is 33.7. The Labute approximate surface area is 152 Å². The number of rotatable bonds is 6. The first kappa shape index (κ1) is 18.1. The number of carbonyl (C=O) groups is 1. The molecule has 1 amide bonds. The van der Waals surface area contributed by atoms with Gasteiger partial charge in [0, 0.05) is 45.3 Å². The second-order valence-electron chi connectivity index (χ2n) is 6.27. The van der Waals surface area contributed by atoms with Crippen LogP contribution >= 0.6 is 0 Å². The van der Waals surface area contributed by atoms with E-state index >= 15 is 0 Å². The Morgan fingerprint density at radius 3 is 2.54 bits per heavy atom. The molecular weight excluding hydrogens is 336 g/mol. The number of nitrogens with zero attached hydrogens (tertiary/aromatic N) is 6. The lowest BCUT2D eigenvalue weighted by Gasteiger charge is -2.35. The molecule has 2 aromatic heterocycles. The highest BCUT2D eigenvalue weighted by atomic mass is 16.6. The summed E-state index contributed by atoms with van der Waals surface area (Å²) in [5.41, 5.74) is 0.563. The van der Waals surface area contributed by atoms with Crippen molar-refractivity contribution in [3.63, 3.8) is 0 Å². The molecule has 1 saturated heterocycles. The van der Waals surface area contributed by atoms with E-state index in [9.17, 15) is 14.9 Å². The van der Waals surface area contributed by atoms with Gasteiger partial charge in [-0.2, -0.15) is 9.38 Å². The zero-order chi connectivity index (χ0) is 18.7. The van der Waals surface area contributed by atoms with Gasteiger partial charge in [-0.15, -0.1) is 0 Å². The third-order valence-electron chi connectivity index (χ3n) is 4.81. The molecule has 9 heteroatoms. The van der Waals surface area contributed by atoms with Crippen molar-refractivity contribution in [2.45, 2.75) is 13.8 Å². The molecule has 0 aromatic carbocycles. The fourth-order valence-electron chi connectivity index (χ4n) is 3.34. The van der Waals surface area contributed by atoms with Crippen LogP contribution in [0, 0.1) is 10.1 Å². The Bertz CT molecular complexity index is 793.